The Kier molecular flexibility index (Phi) is 9.95. The second kappa shape index (κ2) is 12.9. The molecule has 0 aromatic heterocycles. The van der Waals surface area contributed by atoms with Gasteiger partial charge in [-0.2, -0.15) is 0 Å². The van der Waals surface area contributed by atoms with Crippen LogP contribution in [-0.4, -0.2) is 50.8 Å². The molecule has 2 aromatic rings. The maximum absolute atomic E-state index is 12.5. The maximum atomic E-state index is 12.5. The van der Waals surface area contributed by atoms with Crippen LogP contribution in [0.4, 0.5) is 5.69 Å². The molecule has 1 unspecified atom stereocenters. The van der Waals surface area contributed by atoms with Gasteiger partial charge in [-0.3, -0.25) is 9.79 Å². The van der Waals surface area contributed by atoms with Crippen molar-refractivity contribution in [2.45, 2.75) is 44.6 Å². The summed E-state index contributed by atoms with van der Waals surface area (Å²) in [7, 11) is 1.75. The molecule has 33 heavy (non-hydrogen) atoms. The Morgan fingerprint density at radius 3 is 2.64 bits per heavy atom. The summed E-state index contributed by atoms with van der Waals surface area (Å²) in [5, 5.41) is 6.76. The molecule has 178 valence electrons. The SMILES string of the molecule is CN=C(NCc1cccc(COC2CCOCC2)c1)NC1CC(=O)N(c2ccccc2)C1.I. The monoisotopic (exact) mass is 564 g/mol. The number of rotatable bonds is 7. The van der Waals surface area contributed by atoms with Gasteiger partial charge in [-0.05, 0) is 36.1 Å². The van der Waals surface area contributed by atoms with Crippen molar-refractivity contribution < 1.29 is 14.3 Å². The highest BCUT2D eigenvalue weighted by atomic mass is 127. The number of para-hydroxylation sites is 1. The van der Waals surface area contributed by atoms with Gasteiger partial charge >= 0.3 is 0 Å². The lowest BCUT2D eigenvalue weighted by Gasteiger charge is -2.22. The summed E-state index contributed by atoms with van der Waals surface area (Å²) in [5.74, 6) is 0.822. The zero-order chi connectivity index (χ0) is 22.2. The molecule has 2 fully saturated rings. The van der Waals surface area contributed by atoms with Gasteiger partial charge in [0.15, 0.2) is 5.96 Å². The molecule has 2 aromatic carbocycles. The lowest BCUT2D eigenvalue weighted by atomic mass is 10.1. The predicted octanol–water partition coefficient (Wildman–Crippen LogP) is 3.47. The molecule has 0 bridgehead atoms. The van der Waals surface area contributed by atoms with Crippen LogP contribution in [0.25, 0.3) is 0 Å². The quantitative estimate of drug-likeness (QED) is 0.306. The van der Waals surface area contributed by atoms with Gasteiger partial charge < -0.3 is 25.0 Å². The predicted molar refractivity (Wildman–Crippen MR) is 141 cm³/mol. The number of hydrogen-bond donors (Lipinski definition) is 2. The molecular formula is C25H33IN4O3. The van der Waals surface area contributed by atoms with Crippen molar-refractivity contribution in [3.8, 4) is 0 Å². The van der Waals surface area contributed by atoms with Gasteiger partial charge in [-0.25, -0.2) is 0 Å². The third kappa shape index (κ3) is 7.41. The van der Waals surface area contributed by atoms with E-state index in [1.165, 1.54) is 5.56 Å². The summed E-state index contributed by atoms with van der Waals surface area (Å²) in [6.07, 6.45) is 2.68. The Morgan fingerprint density at radius 1 is 1.12 bits per heavy atom. The largest absolute Gasteiger partial charge is 0.381 e. The molecule has 7 nitrogen and oxygen atoms in total. The van der Waals surface area contributed by atoms with Crippen molar-refractivity contribution in [2.75, 3.05) is 31.7 Å². The number of guanidine groups is 1. The second-order valence-electron chi connectivity index (χ2n) is 8.25. The van der Waals surface area contributed by atoms with Crippen LogP contribution in [0.15, 0.2) is 59.6 Å². The van der Waals surface area contributed by atoms with Crippen LogP contribution in [0.3, 0.4) is 0 Å². The van der Waals surface area contributed by atoms with Gasteiger partial charge in [-0.15, -0.1) is 24.0 Å². The van der Waals surface area contributed by atoms with Crippen molar-refractivity contribution >= 4 is 41.5 Å². The highest BCUT2D eigenvalue weighted by Gasteiger charge is 2.31. The number of amides is 1. The first kappa shape index (κ1) is 25.5. The Bertz CT molecular complexity index is 919. The molecule has 2 aliphatic heterocycles. The van der Waals surface area contributed by atoms with Crippen molar-refractivity contribution in [1.29, 1.82) is 0 Å². The van der Waals surface area contributed by atoms with Gasteiger partial charge in [0.05, 0.1) is 18.8 Å². The lowest BCUT2D eigenvalue weighted by molar-refractivity contribution is -0.117. The van der Waals surface area contributed by atoms with Gasteiger partial charge in [0.25, 0.3) is 0 Å². The molecule has 1 amide bonds. The first-order valence-electron chi connectivity index (χ1n) is 11.3. The number of carbonyl (C=O) groups excluding carboxylic acids is 1. The van der Waals surface area contributed by atoms with Crippen LogP contribution in [0.1, 0.15) is 30.4 Å². The van der Waals surface area contributed by atoms with Gasteiger partial charge in [0, 0.05) is 45.5 Å². The number of ether oxygens (including phenoxy) is 2. The Balaban J connectivity index is 0.00000306. The number of benzene rings is 2. The minimum atomic E-state index is 0. The molecule has 2 saturated heterocycles. The van der Waals surface area contributed by atoms with Gasteiger partial charge in [0.2, 0.25) is 5.91 Å². The van der Waals surface area contributed by atoms with E-state index in [0.29, 0.717) is 32.1 Å². The standard InChI is InChI=1S/C25H32N4O3.HI/c1-26-25(28-21-15-24(30)29(17-21)22-8-3-2-4-9-22)27-16-19-6-5-7-20(14-19)18-32-23-10-12-31-13-11-23;/h2-9,14,21,23H,10-13,15-18H2,1H3,(H2,26,27,28);1H. The van der Waals surface area contributed by atoms with E-state index in [9.17, 15) is 4.79 Å². The molecule has 2 N–H and O–H groups in total. The van der Waals surface area contributed by atoms with E-state index in [4.69, 9.17) is 9.47 Å². The average Bonchev–Trinajstić information content (AvgIpc) is 3.22. The number of halogens is 1. The summed E-state index contributed by atoms with van der Waals surface area (Å²) >= 11 is 0. The first-order chi connectivity index (χ1) is 15.7. The highest BCUT2D eigenvalue weighted by Crippen LogP contribution is 2.21. The number of nitrogens with zero attached hydrogens (tertiary/aromatic N) is 2. The molecule has 2 heterocycles. The van der Waals surface area contributed by atoms with E-state index in [0.717, 1.165) is 37.3 Å². The second-order valence-corrected chi connectivity index (χ2v) is 8.25. The van der Waals surface area contributed by atoms with Crippen molar-refractivity contribution in [1.82, 2.24) is 10.6 Å². The Hall–Kier alpha value is -2.17. The zero-order valence-electron chi connectivity index (χ0n) is 19.0. The zero-order valence-corrected chi connectivity index (χ0v) is 21.4. The summed E-state index contributed by atoms with van der Waals surface area (Å²) in [6, 6.07) is 18.2. The molecular weight excluding hydrogens is 531 g/mol. The first-order valence-corrected chi connectivity index (χ1v) is 11.3. The van der Waals surface area contributed by atoms with E-state index < -0.39 is 0 Å². The molecule has 2 aliphatic rings. The van der Waals surface area contributed by atoms with Gasteiger partial charge in [0.1, 0.15) is 0 Å². The Labute approximate surface area is 213 Å². The van der Waals surface area contributed by atoms with Crippen LogP contribution in [0.2, 0.25) is 0 Å². The third-order valence-corrected chi connectivity index (χ3v) is 5.86. The fourth-order valence-corrected chi connectivity index (χ4v) is 4.12. The lowest BCUT2D eigenvalue weighted by Crippen LogP contribution is -2.44. The van der Waals surface area contributed by atoms with Crippen LogP contribution >= 0.6 is 24.0 Å². The number of carbonyl (C=O) groups is 1. The van der Waals surface area contributed by atoms with E-state index in [1.807, 2.05) is 35.2 Å². The van der Waals surface area contributed by atoms with Gasteiger partial charge in [-0.1, -0.05) is 42.5 Å². The summed E-state index contributed by atoms with van der Waals surface area (Å²) < 4.78 is 11.4. The van der Waals surface area contributed by atoms with Crippen LogP contribution in [0, 0.1) is 0 Å². The van der Waals surface area contributed by atoms with E-state index in [1.54, 1.807) is 7.05 Å². The number of nitrogens with one attached hydrogen (secondary N) is 2. The minimum Gasteiger partial charge on any atom is -0.381 e. The fraction of sp³-hybridized carbons (Fsp3) is 0.440. The molecule has 1 atom stereocenters. The number of hydrogen-bond acceptors (Lipinski definition) is 4. The molecule has 0 saturated carbocycles. The summed E-state index contributed by atoms with van der Waals surface area (Å²) in [4.78, 5) is 18.6. The topological polar surface area (TPSA) is 75.2 Å². The number of anilines is 1. The molecule has 0 spiro atoms. The normalized spacial score (nSPS) is 19.3. The van der Waals surface area contributed by atoms with E-state index in [-0.39, 0.29) is 42.0 Å². The average molecular weight is 564 g/mol. The van der Waals surface area contributed by atoms with Crippen LogP contribution < -0.4 is 15.5 Å². The van der Waals surface area contributed by atoms with Crippen LogP contribution in [-0.2, 0) is 27.4 Å². The minimum absolute atomic E-state index is 0. The fourth-order valence-electron chi connectivity index (χ4n) is 4.12. The van der Waals surface area contributed by atoms with E-state index >= 15 is 0 Å². The maximum Gasteiger partial charge on any atom is 0.229 e. The van der Waals surface area contributed by atoms with Crippen molar-refractivity contribution in [3.63, 3.8) is 0 Å². The molecule has 4 rings (SSSR count). The summed E-state index contributed by atoms with van der Waals surface area (Å²) in [6.45, 7) is 3.47. The summed E-state index contributed by atoms with van der Waals surface area (Å²) in [5.41, 5.74) is 3.26. The number of aliphatic imine (C=N–C) groups is 1. The highest BCUT2D eigenvalue weighted by molar-refractivity contribution is 14.0. The van der Waals surface area contributed by atoms with Crippen molar-refractivity contribution in [2.24, 2.45) is 4.99 Å². The van der Waals surface area contributed by atoms with Crippen molar-refractivity contribution in [3.05, 3.63) is 65.7 Å². The van der Waals surface area contributed by atoms with E-state index in [2.05, 4.69) is 39.9 Å². The smallest absolute Gasteiger partial charge is 0.229 e. The Morgan fingerprint density at radius 2 is 1.88 bits per heavy atom. The molecule has 8 heteroatoms. The molecule has 0 radical (unpaired) electrons. The van der Waals surface area contributed by atoms with Crippen LogP contribution in [0.5, 0.6) is 0 Å². The third-order valence-electron chi connectivity index (χ3n) is 5.86. The molecule has 0 aliphatic carbocycles.